The molecule has 0 aromatic carbocycles. The highest BCUT2D eigenvalue weighted by Crippen LogP contribution is 2.50. The SMILES string of the molecule is CCCCOC(=O)COC1CCC(C(C)(C)C2CCC(C(C)CC)CC2)CC1. The summed E-state index contributed by atoms with van der Waals surface area (Å²) < 4.78 is 11.1. The number of hydrogen-bond acceptors (Lipinski definition) is 3. The van der Waals surface area contributed by atoms with Gasteiger partial charge in [0.05, 0.1) is 12.7 Å². The molecule has 0 aliphatic heterocycles. The topological polar surface area (TPSA) is 35.5 Å². The maximum atomic E-state index is 11.7. The van der Waals surface area contributed by atoms with Crippen molar-refractivity contribution in [2.75, 3.05) is 13.2 Å². The number of rotatable bonds is 10. The highest BCUT2D eigenvalue weighted by atomic mass is 16.6. The van der Waals surface area contributed by atoms with E-state index in [0.717, 1.165) is 49.4 Å². The minimum absolute atomic E-state index is 0.127. The van der Waals surface area contributed by atoms with Gasteiger partial charge in [0, 0.05) is 0 Å². The van der Waals surface area contributed by atoms with Crippen LogP contribution in [0.3, 0.4) is 0 Å². The quantitative estimate of drug-likeness (QED) is 0.302. The van der Waals surface area contributed by atoms with Crippen LogP contribution in [0, 0.1) is 29.1 Å². The molecule has 2 aliphatic carbocycles. The van der Waals surface area contributed by atoms with Crippen LogP contribution in [0.15, 0.2) is 0 Å². The van der Waals surface area contributed by atoms with Crippen LogP contribution in [0.2, 0.25) is 0 Å². The normalized spacial score (nSPS) is 30.0. The molecule has 2 aliphatic rings. The summed E-state index contributed by atoms with van der Waals surface area (Å²) >= 11 is 0. The smallest absolute Gasteiger partial charge is 0.332 e. The Bertz CT molecular complexity index is 443. The van der Waals surface area contributed by atoms with E-state index >= 15 is 0 Å². The van der Waals surface area contributed by atoms with Gasteiger partial charge in [-0.15, -0.1) is 0 Å². The van der Waals surface area contributed by atoms with E-state index in [1.165, 1.54) is 44.9 Å². The fraction of sp³-hybridized carbons (Fsp3) is 0.960. The van der Waals surface area contributed by atoms with Crippen molar-refractivity contribution in [2.24, 2.45) is 29.1 Å². The number of carbonyl (C=O) groups excluding carboxylic acids is 1. The molecule has 0 spiro atoms. The van der Waals surface area contributed by atoms with E-state index in [1.54, 1.807) is 0 Å². The number of esters is 1. The third-order valence-electron chi connectivity index (χ3n) is 8.20. The lowest BCUT2D eigenvalue weighted by molar-refractivity contribution is -0.152. The summed E-state index contributed by atoms with van der Waals surface area (Å²) in [5, 5.41) is 0. The van der Waals surface area contributed by atoms with Gasteiger partial charge in [-0.3, -0.25) is 0 Å². The first-order valence-electron chi connectivity index (χ1n) is 12.2. The number of unbranched alkanes of at least 4 members (excludes halogenated alkanes) is 1. The molecule has 0 saturated heterocycles. The molecule has 0 N–H and O–H groups in total. The van der Waals surface area contributed by atoms with Crippen molar-refractivity contribution < 1.29 is 14.3 Å². The van der Waals surface area contributed by atoms with Gasteiger partial charge in [0.15, 0.2) is 0 Å². The van der Waals surface area contributed by atoms with Gasteiger partial charge in [-0.25, -0.2) is 4.79 Å². The lowest BCUT2D eigenvalue weighted by atomic mass is 9.59. The fourth-order valence-corrected chi connectivity index (χ4v) is 5.63. The molecule has 2 rings (SSSR count). The van der Waals surface area contributed by atoms with Gasteiger partial charge in [0.2, 0.25) is 0 Å². The molecule has 0 aromatic rings. The molecule has 0 bridgehead atoms. The molecule has 0 amide bonds. The monoisotopic (exact) mass is 394 g/mol. The molecular weight excluding hydrogens is 348 g/mol. The average Bonchev–Trinajstić information content (AvgIpc) is 2.72. The van der Waals surface area contributed by atoms with E-state index in [2.05, 4.69) is 34.6 Å². The number of carbonyl (C=O) groups is 1. The maximum Gasteiger partial charge on any atom is 0.332 e. The molecule has 2 fully saturated rings. The molecular formula is C25H46O3. The zero-order valence-electron chi connectivity index (χ0n) is 19.3. The molecule has 0 radical (unpaired) electrons. The Balaban J connectivity index is 1.71. The first-order valence-corrected chi connectivity index (χ1v) is 12.2. The number of hydrogen-bond donors (Lipinski definition) is 0. The minimum atomic E-state index is -0.200. The second-order valence-electron chi connectivity index (χ2n) is 10.2. The average molecular weight is 395 g/mol. The van der Waals surface area contributed by atoms with Gasteiger partial charge >= 0.3 is 5.97 Å². The van der Waals surface area contributed by atoms with Crippen LogP contribution in [-0.4, -0.2) is 25.3 Å². The van der Waals surface area contributed by atoms with E-state index < -0.39 is 0 Å². The Labute approximate surface area is 174 Å². The molecule has 28 heavy (non-hydrogen) atoms. The Morgan fingerprint density at radius 1 is 0.964 bits per heavy atom. The lowest BCUT2D eigenvalue weighted by Gasteiger charge is -2.47. The van der Waals surface area contributed by atoms with Gasteiger partial charge < -0.3 is 9.47 Å². The van der Waals surface area contributed by atoms with Crippen molar-refractivity contribution in [1.29, 1.82) is 0 Å². The van der Waals surface area contributed by atoms with Crippen LogP contribution in [-0.2, 0) is 14.3 Å². The largest absolute Gasteiger partial charge is 0.464 e. The van der Waals surface area contributed by atoms with Crippen molar-refractivity contribution >= 4 is 5.97 Å². The summed E-state index contributed by atoms with van der Waals surface area (Å²) in [5.41, 5.74) is 0.435. The van der Waals surface area contributed by atoms with E-state index in [1.807, 2.05) is 0 Å². The summed E-state index contributed by atoms with van der Waals surface area (Å²) in [6, 6.07) is 0. The van der Waals surface area contributed by atoms with Crippen LogP contribution in [0.4, 0.5) is 0 Å². The Hall–Kier alpha value is -0.570. The zero-order valence-corrected chi connectivity index (χ0v) is 19.3. The maximum absolute atomic E-state index is 11.7. The van der Waals surface area contributed by atoms with Crippen LogP contribution in [0.5, 0.6) is 0 Å². The molecule has 3 nitrogen and oxygen atoms in total. The highest BCUT2D eigenvalue weighted by molar-refractivity contribution is 5.70. The van der Waals surface area contributed by atoms with Crippen molar-refractivity contribution in [3.63, 3.8) is 0 Å². The van der Waals surface area contributed by atoms with E-state index in [0.29, 0.717) is 12.0 Å². The molecule has 3 heteroatoms. The van der Waals surface area contributed by atoms with Crippen LogP contribution in [0.25, 0.3) is 0 Å². The summed E-state index contributed by atoms with van der Waals surface area (Å²) in [4.78, 5) is 11.7. The Morgan fingerprint density at radius 2 is 1.54 bits per heavy atom. The van der Waals surface area contributed by atoms with Gasteiger partial charge in [-0.2, -0.15) is 0 Å². The van der Waals surface area contributed by atoms with Gasteiger partial charge in [-0.1, -0.05) is 47.5 Å². The van der Waals surface area contributed by atoms with E-state index in [4.69, 9.17) is 9.47 Å². The van der Waals surface area contributed by atoms with Crippen LogP contribution < -0.4 is 0 Å². The predicted molar refractivity (Wildman–Crippen MR) is 116 cm³/mol. The summed E-state index contributed by atoms with van der Waals surface area (Å²) in [6.07, 6.45) is 13.9. The first-order chi connectivity index (χ1) is 13.4. The van der Waals surface area contributed by atoms with Crippen molar-refractivity contribution in [3.8, 4) is 0 Å². The minimum Gasteiger partial charge on any atom is -0.464 e. The molecule has 1 atom stereocenters. The summed E-state index contributed by atoms with van der Waals surface area (Å²) in [6.45, 7) is 12.6. The third kappa shape index (κ3) is 6.75. The van der Waals surface area contributed by atoms with Gasteiger partial charge in [0.25, 0.3) is 0 Å². The Morgan fingerprint density at radius 3 is 2.07 bits per heavy atom. The molecule has 2 saturated carbocycles. The summed E-state index contributed by atoms with van der Waals surface area (Å²) in [7, 11) is 0. The fourth-order valence-electron chi connectivity index (χ4n) is 5.63. The number of ether oxygens (including phenoxy) is 2. The Kier molecular flexibility index (Phi) is 9.80. The predicted octanol–water partition coefficient (Wildman–Crippen LogP) is 6.78. The highest BCUT2D eigenvalue weighted by Gasteiger charge is 2.41. The van der Waals surface area contributed by atoms with Crippen LogP contribution in [0.1, 0.15) is 105 Å². The van der Waals surface area contributed by atoms with Crippen LogP contribution >= 0.6 is 0 Å². The van der Waals surface area contributed by atoms with E-state index in [-0.39, 0.29) is 18.7 Å². The van der Waals surface area contributed by atoms with Crippen molar-refractivity contribution in [2.45, 2.75) is 111 Å². The molecule has 164 valence electrons. The first kappa shape index (κ1) is 23.7. The molecule has 0 aromatic heterocycles. The van der Waals surface area contributed by atoms with Gasteiger partial charge in [0.1, 0.15) is 6.61 Å². The van der Waals surface area contributed by atoms with Gasteiger partial charge in [-0.05, 0) is 86.9 Å². The molecule has 1 unspecified atom stereocenters. The summed E-state index contributed by atoms with van der Waals surface area (Å²) in [5.74, 6) is 3.33. The second kappa shape index (κ2) is 11.6. The standard InChI is InChI=1S/C25H46O3/c1-6-8-17-27-24(26)18-28-23-15-13-22(14-16-23)25(4,5)21-11-9-20(10-12-21)19(3)7-2/h19-23H,6-18H2,1-5H3. The third-order valence-corrected chi connectivity index (χ3v) is 8.20. The van der Waals surface area contributed by atoms with Crippen molar-refractivity contribution in [1.82, 2.24) is 0 Å². The second-order valence-corrected chi connectivity index (χ2v) is 10.2. The van der Waals surface area contributed by atoms with Crippen molar-refractivity contribution in [3.05, 3.63) is 0 Å². The zero-order chi connectivity index (χ0) is 20.6. The lowest BCUT2D eigenvalue weighted by Crippen LogP contribution is -2.38. The molecule has 0 heterocycles. The van der Waals surface area contributed by atoms with E-state index in [9.17, 15) is 4.79 Å².